The van der Waals surface area contributed by atoms with Gasteiger partial charge in [0.1, 0.15) is 0 Å². The first-order valence-corrected chi connectivity index (χ1v) is 4.99. The van der Waals surface area contributed by atoms with Gasteiger partial charge in [-0.2, -0.15) is 0 Å². The Morgan fingerprint density at radius 1 is 1.50 bits per heavy atom. The Labute approximate surface area is 67.6 Å². The zero-order chi connectivity index (χ0) is 4.12. The van der Waals surface area contributed by atoms with Crippen LogP contribution < -0.4 is 17.0 Å². The predicted octanol–water partition coefficient (Wildman–Crippen LogP) is -1.26. The van der Waals surface area contributed by atoms with Crippen LogP contribution in [0.4, 0.5) is 0 Å². The molecule has 34 valence electrons. The Bertz CT molecular complexity index is 16.3. The van der Waals surface area contributed by atoms with E-state index < -0.39 is 0 Å². The van der Waals surface area contributed by atoms with Gasteiger partial charge in [0.25, 0.3) is 0 Å². The first-order valence-electron chi connectivity index (χ1n) is 1.77. The predicted molar refractivity (Wildman–Crippen MR) is 23.2 cm³/mol. The second-order valence-electron chi connectivity index (χ2n) is 0.896. The van der Waals surface area contributed by atoms with Gasteiger partial charge in [0.15, 0.2) is 0 Å². The number of hydrogen-bond acceptors (Lipinski definition) is 0. The molecule has 0 aliphatic carbocycles. The number of hydrogen-bond donors (Lipinski definition) is 0. The minimum absolute atomic E-state index is 0. The molecular weight excluding hydrogens is 261 g/mol. The van der Waals surface area contributed by atoms with Crippen molar-refractivity contribution in [2.75, 3.05) is 5.33 Å². The fourth-order valence-corrected chi connectivity index (χ4v) is 2.55. The molecule has 0 aromatic carbocycles. The van der Waals surface area contributed by atoms with E-state index in [1.54, 1.807) is 0 Å². The summed E-state index contributed by atoms with van der Waals surface area (Å²) in [5.74, 6) is 0. The third kappa shape index (κ3) is 9.13. The van der Waals surface area contributed by atoms with Gasteiger partial charge in [0.2, 0.25) is 0 Å². The van der Waals surface area contributed by atoms with Crippen LogP contribution in [0, 0.1) is 0 Å². The Kier molecular flexibility index (Phi) is 17.2. The number of halogens is 2. The van der Waals surface area contributed by atoms with Crippen molar-refractivity contribution in [3.63, 3.8) is 0 Å². The van der Waals surface area contributed by atoms with Crippen LogP contribution in [-0.4, -0.2) is 5.33 Å². The van der Waals surface area contributed by atoms with Crippen molar-refractivity contribution in [2.24, 2.45) is 0 Å². The third-order valence-corrected chi connectivity index (χ3v) is 1.99. The fourth-order valence-electron chi connectivity index (χ4n) is 0.0945. The molecule has 6 heavy (non-hydrogen) atoms. The van der Waals surface area contributed by atoms with E-state index in [1.807, 2.05) is 0 Å². The van der Waals surface area contributed by atoms with Gasteiger partial charge in [-0.3, -0.25) is 0 Å². The summed E-state index contributed by atoms with van der Waals surface area (Å²) in [6.07, 6.45) is 1.36. The first kappa shape index (κ1) is 10.5. The molecule has 0 spiro atoms. The van der Waals surface area contributed by atoms with Gasteiger partial charge in [0.05, 0.1) is 0 Å². The normalized spacial score (nSPS) is 7.17. The minimum atomic E-state index is 0. The van der Waals surface area contributed by atoms with Crippen LogP contribution in [0.3, 0.4) is 0 Å². The molecule has 0 radical (unpaired) electrons. The van der Waals surface area contributed by atoms with E-state index >= 15 is 0 Å². The Morgan fingerprint density at radius 2 is 2.00 bits per heavy atom. The third-order valence-electron chi connectivity index (χ3n) is 0.384. The van der Waals surface area contributed by atoms with E-state index in [0.717, 1.165) is 0 Å². The molecule has 0 rings (SSSR count). The van der Waals surface area contributed by atoms with Gasteiger partial charge in [-0.05, 0) is 0 Å². The molecule has 0 atom stereocenters. The van der Waals surface area contributed by atoms with Crippen LogP contribution in [0.1, 0.15) is 6.42 Å². The van der Waals surface area contributed by atoms with Crippen LogP contribution in [0.2, 0.25) is 5.02 Å². The molecule has 0 N–H and O–H groups in total. The Hall–Kier alpha value is 1.58. The molecule has 0 aromatic rings. The summed E-state index contributed by atoms with van der Waals surface area (Å²) < 4.78 is 0. The average molecular weight is 267 g/mol. The van der Waals surface area contributed by atoms with Gasteiger partial charge in [-0.25, -0.2) is 0 Å². The molecule has 3 heteroatoms. The van der Waals surface area contributed by atoms with Crippen molar-refractivity contribution in [1.82, 2.24) is 0 Å². The molecule has 0 amide bonds. The summed E-state index contributed by atoms with van der Waals surface area (Å²) in [7, 11) is 0. The molecular formula is C3H6Br2Zn. The van der Waals surface area contributed by atoms with E-state index in [-0.39, 0.29) is 17.0 Å². The summed E-state index contributed by atoms with van der Waals surface area (Å²) in [6.45, 7) is 0. The molecule has 0 aromatic heterocycles. The first-order chi connectivity index (χ1) is 2.41. The molecule has 0 nitrogen and oxygen atoms in total. The molecule has 0 bridgehead atoms. The van der Waals surface area contributed by atoms with E-state index in [4.69, 9.17) is 0 Å². The molecule has 0 saturated heterocycles. The summed E-state index contributed by atoms with van der Waals surface area (Å²) >= 11 is 4.78. The van der Waals surface area contributed by atoms with Gasteiger partial charge >= 0.3 is 51.0 Å². The van der Waals surface area contributed by atoms with Crippen LogP contribution in [0.25, 0.3) is 0 Å². The van der Waals surface area contributed by atoms with E-state index in [1.165, 1.54) is 35.1 Å². The Balaban J connectivity index is 0. The maximum atomic E-state index is 3.33. The molecule has 0 unspecified atom stereocenters. The maximum absolute atomic E-state index is 3.33. The SMILES string of the molecule is [Br-].[Zn+][CH2]CCBr. The van der Waals surface area contributed by atoms with Crippen molar-refractivity contribution < 1.29 is 35.3 Å². The molecule has 0 aliphatic rings. The van der Waals surface area contributed by atoms with Gasteiger partial charge in [0, 0.05) is 0 Å². The molecule has 0 saturated carbocycles. The summed E-state index contributed by atoms with van der Waals surface area (Å²) in [5.41, 5.74) is 0. The molecule has 0 heterocycles. The van der Waals surface area contributed by atoms with Crippen molar-refractivity contribution >= 4 is 15.9 Å². The molecule has 0 fully saturated rings. The Morgan fingerprint density at radius 3 is 2.00 bits per heavy atom. The topological polar surface area (TPSA) is 0 Å². The van der Waals surface area contributed by atoms with Crippen molar-refractivity contribution in [3.05, 3.63) is 0 Å². The van der Waals surface area contributed by atoms with Gasteiger partial charge in [-0.1, -0.05) is 0 Å². The second kappa shape index (κ2) is 9.77. The van der Waals surface area contributed by atoms with Crippen LogP contribution >= 0.6 is 15.9 Å². The van der Waals surface area contributed by atoms with Crippen molar-refractivity contribution in [3.8, 4) is 0 Å². The van der Waals surface area contributed by atoms with Crippen LogP contribution in [0.15, 0.2) is 0 Å². The number of rotatable bonds is 2. The van der Waals surface area contributed by atoms with Crippen LogP contribution in [0.5, 0.6) is 0 Å². The number of alkyl halides is 1. The zero-order valence-electron chi connectivity index (χ0n) is 3.58. The second-order valence-corrected chi connectivity index (χ2v) is 3.17. The van der Waals surface area contributed by atoms with Gasteiger partial charge in [-0.15, -0.1) is 0 Å². The summed E-state index contributed by atoms with van der Waals surface area (Å²) in [5, 5.41) is 2.61. The van der Waals surface area contributed by atoms with Gasteiger partial charge < -0.3 is 17.0 Å². The standard InChI is InChI=1S/C3H6Br.BrH.Zn/c1-2-3-4;;/h1-3H2;1H;/q;;+1/p-1. The van der Waals surface area contributed by atoms with E-state index in [0.29, 0.717) is 0 Å². The summed E-state index contributed by atoms with van der Waals surface area (Å²) in [4.78, 5) is 0. The van der Waals surface area contributed by atoms with E-state index in [9.17, 15) is 0 Å². The zero-order valence-corrected chi connectivity index (χ0v) is 9.72. The quantitative estimate of drug-likeness (QED) is 0.433. The van der Waals surface area contributed by atoms with Crippen molar-refractivity contribution in [1.29, 1.82) is 0 Å². The molecule has 0 aliphatic heterocycles. The summed E-state index contributed by atoms with van der Waals surface area (Å²) in [6, 6.07) is 0. The van der Waals surface area contributed by atoms with E-state index in [2.05, 4.69) is 15.9 Å². The van der Waals surface area contributed by atoms with Crippen molar-refractivity contribution in [2.45, 2.75) is 11.4 Å². The average Bonchev–Trinajstić information content (AvgIpc) is 1.41. The van der Waals surface area contributed by atoms with Crippen LogP contribution in [-0.2, 0) is 18.3 Å². The fraction of sp³-hybridized carbons (Fsp3) is 1.00. The monoisotopic (exact) mass is 264 g/mol.